The van der Waals surface area contributed by atoms with Crippen LogP contribution >= 0.6 is 12.4 Å². The fourth-order valence-corrected chi connectivity index (χ4v) is 2.92. The number of carbonyl (C=O) groups is 1. The Hall–Kier alpha value is -2.28. The summed E-state index contributed by atoms with van der Waals surface area (Å²) in [6.07, 6.45) is 0.0916. The molecule has 0 aromatic heterocycles. The van der Waals surface area contributed by atoms with E-state index in [0.717, 1.165) is 28.7 Å². The number of rotatable bonds is 9. The van der Waals surface area contributed by atoms with Crippen LogP contribution in [0.4, 0.5) is 0 Å². The van der Waals surface area contributed by atoms with Gasteiger partial charge in [-0.3, -0.25) is 0 Å². The Balaban J connectivity index is 0.00000392. The van der Waals surface area contributed by atoms with Gasteiger partial charge in [0.2, 0.25) is 0 Å². The van der Waals surface area contributed by atoms with E-state index in [2.05, 4.69) is 5.32 Å². The molecule has 0 aliphatic rings. The third-order valence-electron chi connectivity index (χ3n) is 4.55. The average molecular weight is 409 g/mol. The van der Waals surface area contributed by atoms with Crippen LogP contribution in [0, 0.1) is 13.8 Å². The molecule has 0 saturated carbocycles. The van der Waals surface area contributed by atoms with E-state index in [1.165, 1.54) is 0 Å². The number of aromatic hydroxyl groups is 1. The number of aryl methyl sites for hydroxylation is 2. The summed E-state index contributed by atoms with van der Waals surface area (Å²) in [5, 5.41) is 33.6. The van der Waals surface area contributed by atoms with Gasteiger partial charge in [-0.2, -0.15) is 0 Å². The number of aliphatic hydroxyl groups excluding tert-OH is 1. The zero-order valence-corrected chi connectivity index (χ0v) is 17.1. The fourth-order valence-electron chi connectivity index (χ4n) is 2.92. The highest BCUT2D eigenvalue weighted by atomic mass is 35.5. The van der Waals surface area contributed by atoms with Crippen molar-refractivity contribution < 1.29 is 24.9 Å². The Labute approximate surface area is 171 Å². The lowest BCUT2D eigenvalue weighted by atomic mass is 10.0. The molecular weight excluding hydrogens is 382 g/mol. The highest BCUT2D eigenvalue weighted by Gasteiger charge is 2.16. The third kappa shape index (κ3) is 6.71. The maximum absolute atomic E-state index is 10.5. The van der Waals surface area contributed by atoms with Crippen molar-refractivity contribution in [3.05, 3.63) is 58.7 Å². The zero-order valence-electron chi connectivity index (χ0n) is 16.3. The molecule has 0 radical (unpaired) electrons. The Kier molecular flexibility index (Phi) is 9.25. The molecule has 0 fully saturated rings. The number of aliphatic carboxylic acids is 1. The van der Waals surface area contributed by atoms with Gasteiger partial charge >= 0.3 is 0 Å². The number of carboxylic acids is 1. The largest absolute Gasteiger partial charge is 0.546 e. The van der Waals surface area contributed by atoms with Crippen molar-refractivity contribution in [2.75, 3.05) is 13.2 Å². The molecule has 2 rings (SSSR count). The average Bonchev–Trinajstić information content (AvgIpc) is 2.62. The molecule has 2 aromatic rings. The number of carbonyl (C=O) groups excluding carboxylic acids is 1. The van der Waals surface area contributed by atoms with Crippen molar-refractivity contribution in [2.45, 2.75) is 39.3 Å². The predicted octanol–water partition coefficient (Wildman–Crippen LogP) is 1.81. The maximum atomic E-state index is 10.5. The van der Waals surface area contributed by atoms with Gasteiger partial charge < -0.3 is 30.2 Å². The number of benzene rings is 2. The highest BCUT2D eigenvalue weighted by molar-refractivity contribution is 5.85. The Bertz CT molecular complexity index is 779. The SMILES string of the molecule is Cc1cc(OCC(=O)[O-])c(C)cc1CCN[C@@H](C)[C@H](O)c1ccc(O)cc1.Cl. The molecule has 6 nitrogen and oxygen atoms in total. The lowest BCUT2D eigenvalue weighted by molar-refractivity contribution is -0.307. The quantitative estimate of drug-likeness (QED) is 0.585. The first-order chi connectivity index (χ1) is 12.8. The minimum absolute atomic E-state index is 0. The second-order valence-electron chi connectivity index (χ2n) is 6.73. The van der Waals surface area contributed by atoms with E-state index >= 15 is 0 Å². The van der Waals surface area contributed by atoms with Crippen LogP contribution in [0.3, 0.4) is 0 Å². The van der Waals surface area contributed by atoms with Crippen LogP contribution in [0.5, 0.6) is 11.5 Å². The van der Waals surface area contributed by atoms with Crippen molar-refractivity contribution in [3.8, 4) is 11.5 Å². The summed E-state index contributed by atoms with van der Waals surface area (Å²) < 4.78 is 5.24. The van der Waals surface area contributed by atoms with E-state index in [0.29, 0.717) is 12.3 Å². The second kappa shape index (κ2) is 10.9. The molecule has 0 heterocycles. The van der Waals surface area contributed by atoms with Crippen LogP contribution < -0.4 is 15.2 Å². The van der Waals surface area contributed by atoms with Crippen LogP contribution in [0.2, 0.25) is 0 Å². The molecule has 0 aliphatic heterocycles. The Morgan fingerprint density at radius 3 is 2.43 bits per heavy atom. The van der Waals surface area contributed by atoms with Crippen molar-refractivity contribution in [1.29, 1.82) is 0 Å². The number of phenols is 1. The monoisotopic (exact) mass is 408 g/mol. The summed E-state index contributed by atoms with van der Waals surface area (Å²) in [5.74, 6) is -0.532. The molecule has 0 bridgehead atoms. The van der Waals surface area contributed by atoms with Gasteiger partial charge in [-0.05, 0) is 74.2 Å². The number of ether oxygens (including phenoxy) is 1. The lowest BCUT2D eigenvalue weighted by Crippen LogP contribution is -2.33. The molecular formula is C21H27ClNO5-. The molecule has 154 valence electrons. The molecule has 0 aliphatic carbocycles. The van der Waals surface area contributed by atoms with Crippen LogP contribution in [0.1, 0.15) is 35.3 Å². The minimum atomic E-state index is -1.25. The lowest BCUT2D eigenvalue weighted by Gasteiger charge is -2.21. The maximum Gasteiger partial charge on any atom is 0.128 e. The number of phenolic OH excluding ortho intramolecular Hbond substituents is 1. The van der Waals surface area contributed by atoms with Crippen molar-refractivity contribution in [1.82, 2.24) is 5.32 Å². The standard InChI is InChI=1S/C21H27NO5.ClH/c1-13-11-19(27-12-20(24)25)14(2)10-17(13)8-9-22-15(3)21(26)16-4-6-18(23)7-5-16;/h4-7,10-11,15,21-23,26H,8-9,12H2,1-3H3,(H,24,25);1H/p-1/t15-,21-;/m0./s1. The van der Waals surface area contributed by atoms with Gasteiger partial charge in [0, 0.05) is 6.04 Å². The number of hydrogen-bond donors (Lipinski definition) is 3. The van der Waals surface area contributed by atoms with Gasteiger partial charge in [0.15, 0.2) is 0 Å². The van der Waals surface area contributed by atoms with E-state index in [4.69, 9.17) is 4.74 Å². The molecule has 0 unspecified atom stereocenters. The van der Waals surface area contributed by atoms with E-state index in [1.807, 2.05) is 32.9 Å². The summed E-state index contributed by atoms with van der Waals surface area (Å²) >= 11 is 0. The topological polar surface area (TPSA) is 102 Å². The van der Waals surface area contributed by atoms with Gasteiger partial charge in [0.1, 0.15) is 18.1 Å². The zero-order chi connectivity index (χ0) is 20.0. The molecule has 0 saturated heterocycles. The van der Waals surface area contributed by atoms with Crippen LogP contribution in [-0.4, -0.2) is 35.4 Å². The molecule has 0 amide bonds. The molecule has 2 aromatic carbocycles. The first-order valence-electron chi connectivity index (χ1n) is 8.91. The Morgan fingerprint density at radius 1 is 1.18 bits per heavy atom. The van der Waals surface area contributed by atoms with Gasteiger partial charge in [-0.15, -0.1) is 12.4 Å². The molecule has 7 heteroatoms. The van der Waals surface area contributed by atoms with Gasteiger partial charge in [-0.25, -0.2) is 0 Å². The highest BCUT2D eigenvalue weighted by Crippen LogP contribution is 2.23. The minimum Gasteiger partial charge on any atom is -0.546 e. The van der Waals surface area contributed by atoms with Crippen LogP contribution in [0.25, 0.3) is 0 Å². The summed E-state index contributed by atoms with van der Waals surface area (Å²) in [6, 6.07) is 10.2. The summed E-state index contributed by atoms with van der Waals surface area (Å²) in [6.45, 7) is 5.95. The summed E-state index contributed by atoms with van der Waals surface area (Å²) in [5.41, 5.74) is 3.76. The van der Waals surface area contributed by atoms with Crippen molar-refractivity contribution in [3.63, 3.8) is 0 Å². The number of aliphatic hydroxyl groups is 1. The van der Waals surface area contributed by atoms with E-state index in [1.54, 1.807) is 24.3 Å². The fraction of sp³-hybridized carbons (Fsp3) is 0.381. The van der Waals surface area contributed by atoms with Crippen LogP contribution in [-0.2, 0) is 11.2 Å². The van der Waals surface area contributed by atoms with Gasteiger partial charge in [0.05, 0.1) is 12.1 Å². The number of halogens is 1. The summed E-state index contributed by atoms with van der Waals surface area (Å²) in [4.78, 5) is 10.5. The van der Waals surface area contributed by atoms with E-state index < -0.39 is 18.7 Å². The molecule has 0 spiro atoms. The normalized spacial score (nSPS) is 12.7. The first-order valence-corrected chi connectivity index (χ1v) is 8.91. The third-order valence-corrected chi connectivity index (χ3v) is 4.55. The van der Waals surface area contributed by atoms with Gasteiger partial charge in [-0.1, -0.05) is 18.2 Å². The smallest absolute Gasteiger partial charge is 0.128 e. The number of nitrogens with one attached hydrogen (secondary N) is 1. The number of hydrogen-bond acceptors (Lipinski definition) is 6. The first kappa shape index (κ1) is 23.8. The van der Waals surface area contributed by atoms with Gasteiger partial charge in [0.25, 0.3) is 0 Å². The van der Waals surface area contributed by atoms with Crippen LogP contribution in [0.15, 0.2) is 36.4 Å². The summed E-state index contributed by atoms with van der Waals surface area (Å²) in [7, 11) is 0. The van der Waals surface area contributed by atoms with Crippen molar-refractivity contribution >= 4 is 18.4 Å². The molecule has 28 heavy (non-hydrogen) atoms. The number of carboxylic acid groups (broad SMARTS) is 1. The Morgan fingerprint density at radius 2 is 1.82 bits per heavy atom. The second-order valence-corrected chi connectivity index (χ2v) is 6.73. The van der Waals surface area contributed by atoms with E-state index in [-0.39, 0.29) is 24.2 Å². The molecule has 3 N–H and O–H groups in total. The van der Waals surface area contributed by atoms with E-state index in [9.17, 15) is 20.1 Å². The predicted molar refractivity (Wildman–Crippen MR) is 108 cm³/mol. The van der Waals surface area contributed by atoms with Crippen molar-refractivity contribution in [2.24, 2.45) is 0 Å². The molecule has 2 atom stereocenters.